The molecule has 0 spiro atoms. The number of nitrogens with zero attached hydrogens (tertiary/aromatic N) is 2. The highest BCUT2D eigenvalue weighted by Gasteiger charge is 2.39. The first-order chi connectivity index (χ1) is 16.1. The van der Waals surface area contributed by atoms with Crippen molar-refractivity contribution in [2.24, 2.45) is 0 Å². The van der Waals surface area contributed by atoms with E-state index in [1.165, 1.54) is 11.9 Å². The quantitative estimate of drug-likeness (QED) is 0.344. The zero-order valence-corrected chi connectivity index (χ0v) is 19.1. The second kappa shape index (κ2) is 9.25. The smallest absolute Gasteiger partial charge is 0.289 e. The third-order valence-corrected chi connectivity index (χ3v) is 7.17. The van der Waals surface area contributed by atoms with Crippen LogP contribution in [0.2, 0.25) is 0 Å². The van der Waals surface area contributed by atoms with E-state index in [9.17, 15) is 9.59 Å². The van der Waals surface area contributed by atoms with Crippen molar-refractivity contribution in [2.45, 2.75) is 24.5 Å². The lowest BCUT2D eigenvalue weighted by molar-refractivity contribution is -0.125. The van der Waals surface area contributed by atoms with Crippen molar-refractivity contribution in [2.75, 3.05) is 7.05 Å². The monoisotopic (exact) mass is 456 g/mol. The molecule has 3 aromatic carbocycles. The number of likely N-dealkylation sites (N-methyl/N-ethyl adjacent to an activating group) is 1. The number of rotatable bonds is 7. The van der Waals surface area contributed by atoms with Gasteiger partial charge in [0.05, 0.1) is 13.2 Å². The molecule has 0 N–H and O–H groups in total. The summed E-state index contributed by atoms with van der Waals surface area (Å²) in [5, 5.41) is 0.280. The molecule has 1 aliphatic rings. The maximum Gasteiger partial charge on any atom is 0.289 e. The first-order valence-electron chi connectivity index (χ1n) is 10.9. The summed E-state index contributed by atoms with van der Waals surface area (Å²) in [6.45, 7) is 1.15. The number of carbonyl (C=O) groups excluding carboxylic acids is 2. The molecule has 4 aromatic rings. The lowest BCUT2D eigenvalue weighted by Crippen LogP contribution is -2.24. The molecule has 2 atom stereocenters. The molecule has 0 aliphatic carbocycles. The second-order valence-corrected chi connectivity index (χ2v) is 9.16. The Bertz CT molecular complexity index is 1290. The Morgan fingerprint density at radius 2 is 1.64 bits per heavy atom. The van der Waals surface area contributed by atoms with Gasteiger partial charge in [0.1, 0.15) is 11.4 Å². The largest absolute Gasteiger partial charge is 0.367 e. The van der Waals surface area contributed by atoms with Crippen molar-refractivity contribution in [3.63, 3.8) is 0 Å². The van der Waals surface area contributed by atoms with Crippen LogP contribution in [-0.4, -0.2) is 27.7 Å². The van der Waals surface area contributed by atoms with Crippen molar-refractivity contribution in [1.82, 2.24) is 9.47 Å². The van der Waals surface area contributed by atoms with E-state index in [1.54, 1.807) is 0 Å². The minimum atomic E-state index is -0.499. The fraction of sp³-hybridized carbons (Fsp3) is 0.185. The summed E-state index contributed by atoms with van der Waals surface area (Å²) in [5.41, 5.74) is 4.14. The van der Waals surface area contributed by atoms with E-state index < -0.39 is 5.25 Å². The summed E-state index contributed by atoms with van der Waals surface area (Å²) in [6.07, 6.45) is 1.90. The number of hydrogen-bond acceptors (Lipinski definition) is 4. The van der Waals surface area contributed by atoms with Gasteiger partial charge in [-0.05, 0) is 40.6 Å². The van der Waals surface area contributed by atoms with Crippen LogP contribution < -0.4 is 0 Å². The fourth-order valence-electron chi connectivity index (χ4n) is 4.20. The van der Waals surface area contributed by atoms with E-state index in [0.29, 0.717) is 13.2 Å². The third-order valence-electron chi connectivity index (χ3n) is 6.01. The molecular formula is C27H24N2O3S. The van der Waals surface area contributed by atoms with Crippen LogP contribution >= 0.6 is 11.8 Å². The number of thioether (sulfide) groups is 1. The summed E-state index contributed by atoms with van der Waals surface area (Å²) in [4.78, 5) is 25.9. The first-order valence-corrected chi connectivity index (χ1v) is 11.8. The molecule has 2 amide bonds. The maximum absolute atomic E-state index is 12.6. The van der Waals surface area contributed by atoms with Gasteiger partial charge in [0, 0.05) is 24.1 Å². The molecule has 0 bridgehead atoms. The standard InChI is InChI=1S/C27H24N2O3S/c1-28-26(30)25(33-27(28)31)22-13-8-14-23-21(22)15-16-29(23)17-24(20-11-6-3-7-12-20)32-18-19-9-4-2-5-10-19/h2-16,24-25H,17-18H2,1H3. The predicted molar refractivity (Wildman–Crippen MR) is 131 cm³/mol. The van der Waals surface area contributed by atoms with Crippen LogP contribution in [0.1, 0.15) is 28.0 Å². The Morgan fingerprint density at radius 3 is 2.33 bits per heavy atom. The molecule has 0 radical (unpaired) electrons. The number of benzene rings is 3. The number of fused-ring (bicyclic) bond motifs is 1. The third kappa shape index (κ3) is 4.32. The minimum Gasteiger partial charge on any atom is -0.367 e. The highest BCUT2D eigenvalue weighted by Crippen LogP contribution is 2.41. The van der Waals surface area contributed by atoms with Crippen molar-refractivity contribution in [1.29, 1.82) is 0 Å². The van der Waals surface area contributed by atoms with Crippen LogP contribution in [0.5, 0.6) is 0 Å². The average Bonchev–Trinajstić information content (AvgIpc) is 3.38. The molecule has 1 aromatic heterocycles. The molecule has 0 saturated carbocycles. The van der Waals surface area contributed by atoms with E-state index in [1.807, 2.05) is 66.9 Å². The predicted octanol–water partition coefficient (Wildman–Crippen LogP) is 5.97. The maximum atomic E-state index is 12.6. The Balaban J connectivity index is 1.45. The minimum absolute atomic E-state index is 0.138. The van der Waals surface area contributed by atoms with Crippen LogP contribution in [0.3, 0.4) is 0 Å². The van der Waals surface area contributed by atoms with E-state index in [2.05, 4.69) is 28.8 Å². The molecule has 1 saturated heterocycles. The molecule has 166 valence electrons. The molecule has 2 unspecified atom stereocenters. The van der Waals surface area contributed by atoms with Crippen LogP contribution in [0.4, 0.5) is 4.79 Å². The number of hydrogen-bond donors (Lipinski definition) is 0. The average molecular weight is 457 g/mol. The molecule has 5 nitrogen and oxygen atoms in total. The number of ether oxygens (including phenoxy) is 1. The molecule has 33 heavy (non-hydrogen) atoms. The van der Waals surface area contributed by atoms with Crippen LogP contribution in [-0.2, 0) is 22.7 Å². The summed E-state index contributed by atoms with van der Waals surface area (Å²) in [7, 11) is 1.54. The zero-order valence-electron chi connectivity index (χ0n) is 18.3. The van der Waals surface area contributed by atoms with Crippen molar-refractivity contribution < 1.29 is 14.3 Å². The molecule has 2 heterocycles. The van der Waals surface area contributed by atoms with Gasteiger partial charge in [-0.2, -0.15) is 0 Å². The Morgan fingerprint density at radius 1 is 0.909 bits per heavy atom. The summed E-state index contributed by atoms with van der Waals surface area (Å²) in [6, 6.07) is 28.4. The van der Waals surface area contributed by atoms with Crippen molar-refractivity contribution in [3.05, 3.63) is 108 Å². The number of carbonyl (C=O) groups is 2. The second-order valence-electron chi connectivity index (χ2n) is 8.11. The molecule has 1 aliphatic heterocycles. The van der Waals surface area contributed by atoms with Crippen LogP contribution in [0, 0.1) is 0 Å². The number of amides is 2. The Hall–Kier alpha value is -3.35. The van der Waals surface area contributed by atoms with E-state index in [-0.39, 0.29) is 17.3 Å². The molecular weight excluding hydrogens is 432 g/mol. The lowest BCUT2D eigenvalue weighted by atomic mass is 10.1. The summed E-state index contributed by atoms with van der Waals surface area (Å²) < 4.78 is 8.55. The van der Waals surface area contributed by atoms with Gasteiger partial charge in [0.15, 0.2) is 0 Å². The van der Waals surface area contributed by atoms with Gasteiger partial charge in [-0.1, -0.05) is 72.8 Å². The van der Waals surface area contributed by atoms with Gasteiger partial charge in [-0.15, -0.1) is 0 Å². The molecule has 6 heteroatoms. The van der Waals surface area contributed by atoms with Gasteiger partial charge in [-0.25, -0.2) is 0 Å². The van der Waals surface area contributed by atoms with E-state index in [0.717, 1.165) is 39.4 Å². The molecule has 1 fully saturated rings. The lowest BCUT2D eigenvalue weighted by Gasteiger charge is -2.20. The van der Waals surface area contributed by atoms with Crippen molar-refractivity contribution >= 4 is 33.8 Å². The van der Waals surface area contributed by atoms with Gasteiger partial charge in [0.25, 0.3) is 5.24 Å². The van der Waals surface area contributed by atoms with Gasteiger partial charge < -0.3 is 9.30 Å². The number of aromatic nitrogens is 1. The van der Waals surface area contributed by atoms with Crippen LogP contribution in [0.25, 0.3) is 10.9 Å². The zero-order chi connectivity index (χ0) is 22.8. The highest BCUT2D eigenvalue weighted by atomic mass is 32.2. The fourth-order valence-corrected chi connectivity index (χ4v) is 5.24. The topological polar surface area (TPSA) is 51.5 Å². The van der Waals surface area contributed by atoms with E-state index in [4.69, 9.17) is 4.74 Å². The molecule has 5 rings (SSSR count). The Kier molecular flexibility index (Phi) is 6.03. The first kappa shape index (κ1) is 21.5. The van der Waals surface area contributed by atoms with Gasteiger partial charge in [-0.3, -0.25) is 14.5 Å². The van der Waals surface area contributed by atoms with E-state index >= 15 is 0 Å². The van der Waals surface area contributed by atoms with Gasteiger partial charge >= 0.3 is 0 Å². The van der Waals surface area contributed by atoms with Gasteiger partial charge in [0.2, 0.25) is 5.91 Å². The van der Waals surface area contributed by atoms with Crippen LogP contribution in [0.15, 0.2) is 91.1 Å². The highest BCUT2D eigenvalue weighted by molar-refractivity contribution is 8.15. The SMILES string of the molecule is CN1C(=O)SC(c2cccc3c2ccn3CC(OCc2ccccc2)c2ccccc2)C1=O. The van der Waals surface area contributed by atoms with Crippen molar-refractivity contribution in [3.8, 4) is 0 Å². The number of imide groups is 1. The Labute approximate surface area is 197 Å². The normalized spacial score (nSPS) is 17.1. The summed E-state index contributed by atoms with van der Waals surface area (Å²) in [5.74, 6) is -0.168. The summed E-state index contributed by atoms with van der Waals surface area (Å²) >= 11 is 1.08.